The summed E-state index contributed by atoms with van der Waals surface area (Å²) in [6.45, 7) is 3.57. The highest BCUT2D eigenvalue weighted by atomic mass is 16.5. The molecule has 27 heavy (non-hydrogen) atoms. The molecule has 2 atom stereocenters. The van der Waals surface area contributed by atoms with E-state index in [1.807, 2.05) is 12.1 Å². The molecule has 0 saturated heterocycles. The average Bonchev–Trinajstić information content (AvgIpc) is 3.02. The van der Waals surface area contributed by atoms with Crippen LogP contribution in [0.3, 0.4) is 0 Å². The number of benzene rings is 2. The van der Waals surface area contributed by atoms with E-state index in [0.29, 0.717) is 27.8 Å². The van der Waals surface area contributed by atoms with Gasteiger partial charge in [0, 0.05) is 22.7 Å². The van der Waals surface area contributed by atoms with Gasteiger partial charge >= 0.3 is 5.97 Å². The molecule has 2 N–H and O–H groups in total. The van der Waals surface area contributed by atoms with E-state index in [4.69, 9.17) is 4.74 Å². The van der Waals surface area contributed by atoms with Crippen molar-refractivity contribution in [3.8, 4) is 11.8 Å². The average molecular weight is 362 g/mol. The zero-order valence-electron chi connectivity index (χ0n) is 14.9. The maximum absolute atomic E-state index is 11.7. The number of carboxylic acids is 1. The second-order valence-corrected chi connectivity index (χ2v) is 7.23. The van der Waals surface area contributed by atoms with Crippen LogP contribution < -0.4 is 4.74 Å². The Morgan fingerprint density at radius 2 is 2.00 bits per heavy atom. The summed E-state index contributed by atoms with van der Waals surface area (Å²) in [4.78, 5) is 11.7. The Hall–Kier alpha value is -3.30. The number of carboxylic acid groups (broad SMARTS) is 1. The molecule has 2 aromatic carbocycles. The van der Waals surface area contributed by atoms with Crippen molar-refractivity contribution in [2.24, 2.45) is 0 Å². The first-order valence-electron chi connectivity index (χ1n) is 8.57. The molecule has 0 saturated carbocycles. The normalized spacial score (nSPS) is 20.5. The highest BCUT2D eigenvalue weighted by molar-refractivity contribution is 6.03. The third-order valence-electron chi connectivity index (χ3n) is 5.11. The number of hydrogen-bond acceptors (Lipinski definition) is 4. The highest BCUT2D eigenvalue weighted by Crippen LogP contribution is 2.44. The summed E-state index contributed by atoms with van der Waals surface area (Å²) < 4.78 is 7.73. The van der Waals surface area contributed by atoms with Crippen LogP contribution in [0.15, 0.2) is 48.7 Å². The van der Waals surface area contributed by atoms with Crippen LogP contribution in [-0.4, -0.2) is 32.5 Å². The van der Waals surface area contributed by atoms with Gasteiger partial charge in [-0.25, -0.2) is 4.79 Å². The lowest BCUT2D eigenvalue weighted by molar-refractivity contribution is -0.0629. The Kier molecular flexibility index (Phi) is 3.72. The molecule has 6 nitrogen and oxygen atoms in total. The van der Waals surface area contributed by atoms with Crippen molar-refractivity contribution in [1.29, 1.82) is 5.26 Å². The van der Waals surface area contributed by atoms with Crippen LogP contribution in [0.4, 0.5) is 0 Å². The first-order valence-corrected chi connectivity index (χ1v) is 8.57. The molecule has 1 aliphatic heterocycles. The fourth-order valence-corrected chi connectivity index (χ4v) is 3.74. The standard InChI is InChI=1S/C21H18N2O4/c1-21(2)19(24)18(14-9-12(10-22)7-8-17(14)27-21)23-11-15(20(25)26)13-5-3-4-6-16(13)23/h3-9,11,18-19,24H,1-2H3,(H,25,26)/t18-,19+/m0/s1. The largest absolute Gasteiger partial charge is 0.485 e. The van der Waals surface area contributed by atoms with Crippen molar-refractivity contribution in [1.82, 2.24) is 4.57 Å². The fourth-order valence-electron chi connectivity index (χ4n) is 3.74. The van der Waals surface area contributed by atoms with Gasteiger partial charge in [0.25, 0.3) is 0 Å². The van der Waals surface area contributed by atoms with Gasteiger partial charge in [-0.3, -0.25) is 0 Å². The van der Waals surface area contributed by atoms with Gasteiger partial charge in [-0.1, -0.05) is 18.2 Å². The van der Waals surface area contributed by atoms with Gasteiger partial charge in [0.05, 0.1) is 23.2 Å². The van der Waals surface area contributed by atoms with Crippen molar-refractivity contribution < 1.29 is 19.7 Å². The Morgan fingerprint density at radius 3 is 2.70 bits per heavy atom. The number of aliphatic hydroxyl groups is 1. The van der Waals surface area contributed by atoms with Crippen LogP contribution in [0.1, 0.15) is 41.4 Å². The van der Waals surface area contributed by atoms with Crippen LogP contribution in [0.25, 0.3) is 10.9 Å². The number of carbonyl (C=O) groups is 1. The summed E-state index contributed by atoms with van der Waals surface area (Å²) in [5.41, 5.74) is 1.08. The van der Waals surface area contributed by atoms with E-state index in [-0.39, 0.29) is 5.56 Å². The summed E-state index contributed by atoms with van der Waals surface area (Å²) in [5, 5.41) is 30.6. The van der Waals surface area contributed by atoms with Crippen molar-refractivity contribution >= 4 is 16.9 Å². The zero-order chi connectivity index (χ0) is 19.3. The summed E-state index contributed by atoms with van der Waals surface area (Å²) in [7, 11) is 0. The minimum Gasteiger partial charge on any atom is -0.485 e. The van der Waals surface area contributed by atoms with Crippen molar-refractivity contribution in [3.63, 3.8) is 0 Å². The minimum absolute atomic E-state index is 0.167. The van der Waals surface area contributed by atoms with E-state index in [1.165, 1.54) is 0 Å². The van der Waals surface area contributed by atoms with E-state index < -0.39 is 23.7 Å². The second kappa shape index (κ2) is 5.86. The first-order chi connectivity index (χ1) is 12.8. The SMILES string of the molecule is CC1(C)Oc2ccc(C#N)cc2[C@H](n2cc(C(=O)O)c3ccccc32)[C@H]1O. The second-order valence-electron chi connectivity index (χ2n) is 7.23. The van der Waals surface area contributed by atoms with E-state index in [2.05, 4.69) is 6.07 Å². The summed E-state index contributed by atoms with van der Waals surface area (Å²) in [6.07, 6.45) is 0.599. The van der Waals surface area contributed by atoms with Gasteiger partial charge in [-0.2, -0.15) is 5.26 Å². The van der Waals surface area contributed by atoms with E-state index in [9.17, 15) is 20.3 Å². The molecule has 0 radical (unpaired) electrons. The lowest BCUT2D eigenvalue weighted by Crippen LogP contribution is -2.50. The molecular weight excluding hydrogens is 344 g/mol. The number of nitrogens with zero attached hydrogens (tertiary/aromatic N) is 2. The van der Waals surface area contributed by atoms with Gasteiger partial charge in [-0.05, 0) is 38.1 Å². The Morgan fingerprint density at radius 1 is 1.26 bits per heavy atom. The highest BCUT2D eigenvalue weighted by Gasteiger charge is 2.44. The minimum atomic E-state index is -1.03. The maximum atomic E-state index is 11.7. The number of rotatable bonds is 2. The van der Waals surface area contributed by atoms with Crippen LogP contribution >= 0.6 is 0 Å². The molecule has 136 valence electrons. The molecule has 0 amide bonds. The Balaban J connectivity index is 2.03. The van der Waals surface area contributed by atoms with E-state index in [0.717, 1.165) is 0 Å². The third kappa shape index (κ3) is 2.56. The lowest BCUT2D eigenvalue weighted by Gasteiger charge is -2.43. The molecule has 0 fully saturated rings. The number of aliphatic hydroxyl groups excluding tert-OH is 1. The number of fused-ring (bicyclic) bond motifs is 2. The predicted molar refractivity (Wildman–Crippen MR) is 98.9 cm³/mol. The summed E-state index contributed by atoms with van der Waals surface area (Å²) in [5.74, 6) is -0.458. The van der Waals surface area contributed by atoms with Crippen molar-refractivity contribution in [2.45, 2.75) is 31.6 Å². The van der Waals surface area contributed by atoms with E-state index >= 15 is 0 Å². The van der Waals surface area contributed by atoms with Gasteiger partial charge < -0.3 is 19.5 Å². The fraction of sp³-hybridized carbons (Fsp3) is 0.238. The first kappa shape index (κ1) is 17.1. The number of ether oxygens (including phenoxy) is 1. The quantitative estimate of drug-likeness (QED) is 0.729. The number of nitriles is 1. The maximum Gasteiger partial charge on any atom is 0.337 e. The smallest absolute Gasteiger partial charge is 0.337 e. The molecule has 0 aliphatic carbocycles. The molecule has 4 rings (SSSR count). The number of para-hydroxylation sites is 1. The van der Waals surface area contributed by atoms with Gasteiger partial charge in [0.2, 0.25) is 0 Å². The van der Waals surface area contributed by atoms with Crippen LogP contribution in [0.5, 0.6) is 5.75 Å². The molecule has 0 spiro atoms. The molecule has 1 aliphatic rings. The van der Waals surface area contributed by atoms with E-state index in [1.54, 1.807) is 54.9 Å². The Bertz CT molecular complexity index is 1110. The molecular formula is C21H18N2O4. The van der Waals surface area contributed by atoms with Crippen molar-refractivity contribution in [2.75, 3.05) is 0 Å². The number of aromatic carboxylic acids is 1. The van der Waals surface area contributed by atoms with Gasteiger partial charge in [0.1, 0.15) is 17.5 Å². The van der Waals surface area contributed by atoms with Crippen LogP contribution in [-0.2, 0) is 0 Å². The molecule has 0 bridgehead atoms. The van der Waals surface area contributed by atoms with Crippen LogP contribution in [0.2, 0.25) is 0 Å². The number of aromatic nitrogens is 1. The molecule has 3 aromatic rings. The molecule has 0 unspecified atom stereocenters. The third-order valence-corrected chi connectivity index (χ3v) is 5.11. The zero-order valence-corrected chi connectivity index (χ0v) is 14.9. The Labute approximate surface area is 155 Å². The lowest BCUT2D eigenvalue weighted by atomic mass is 9.85. The van der Waals surface area contributed by atoms with Crippen molar-refractivity contribution in [3.05, 3.63) is 65.4 Å². The molecule has 2 heterocycles. The topological polar surface area (TPSA) is 95.5 Å². The monoisotopic (exact) mass is 362 g/mol. The molecule has 6 heteroatoms. The molecule has 1 aromatic heterocycles. The van der Waals surface area contributed by atoms with Crippen LogP contribution in [0, 0.1) is 11.3 Å². The summed E-state index contributed by atoms with van der Waals surface area (Å²) >= 11 is 0. The van der Waals surface area contributed by atoms with Gasteiger partial charge in [-0.15, -0.1) is 0 Å². The summed E-state index contributed by atoms with van der Waals surface area (Å²) in [6, 6.07) is 13.8. The number of hydrogen-bond donors (Lipinski definition) is 2. The van der Waals surface area contributed by atoms with Gasteiger partial charge in [0.15, 0.2) is 0 Å². The predicted octanol–water partition coefficient (Wildman–Crippen LogP) is 3.33.